The third-order valence-corrected chi connectivity index (χ3v) is 7.61. The van der Waals surface area contributed by atoms with E-state index in [2.05, 4.69) is 5.32 Å². The van der Waals surface area contributed by atoms with Crippen molar-refractivity contribution in [1.82, 2.24) is 10.2 Å². The van der Waals surface area contributed by atoms with E-state index >= 15 is 0 Å². The Morgan fingerprint density at radius 2 is 1.74 bits per heavy atom. The molecule has 2 heterocycles. The van der Waals surface area contributed by atoms with Crippen LogP contribution in [0.1, 0.15) is 60.8 Å². The van der Waals surface area contributed by atoms with Crippen LogP contribution in [-0.4, -0.2) is 72.4 Å². The first-order valence-electron chi connectivity index (χ1n) is 12.0. The highest BCUT2D eigenvalue weighted by atomic mass is 32.2. The molecule has 0 saturated carbocycles. The maximum atomic E-state index is 13.6. The quantitative estimate of drug-likeness (QED) is 0.186. The standard InChI is InChI=1S/C26H32N2O9S/c1-24(2,3)18(30)15-16(20(33)37-25(4,5)6)28-21(34)26(23(35)36,22(28)38-17(15)19(31)32)27-14(29)12-13-10-8-7-9-11-13/h7-8,11,17,22H,9-10,12H2,1-6H3,(H,27,29)(H,31,32)(H,35,36)/t17?,22-,26?/m0/s1. The van der Waals surface area contributed by atoms with Gasteiger partial charge in [-0.3, -0.25) is 24.1 Å². The lowest BCUT2D eigenvalue weighted by molar-refractivity contribution is -0.174. The van der Waals surface area contributed by atoms with Crippen LogP contribution in [0.5, 0.6) is 0 Å². The summed E-state index contributed by atoms with van der Waals surface area (Å²) in [5.74, 6) is -6.97. The molecule has 12 heteroatoms. The van der Waals surface area contributed by atoms with Crippen LogP contribution in [0, 0.1) is 5.41 Å². The molecular weight excluding hydrogens is 516 g/mol. The van der Waals surface area contributed by atoms with Crippen LogP contribution in [-0.2, 0) is 33.5 Å². The van der Waals surface area contributed by atoms with E-state index in [1.165, 1.54) is 20.8 Å². The van der Waals surface area contributed by atoms with Gasteiger partial charge in [-0.15, -0.1) is 11.8 Å². The minimum Gasteiger partial charge on any atom is -0.480 e. The second kappa shape index (κ2) is 10.0. The van der Waals surface area contributed by atoms with E-state index < -0.39 is 74.0 Å². The number of Topliss-reactive ketones (excluding diaryl/α,β-unsaturated/α-hetero) is 1. The molecule has 2 amide bonds. The molecule has 0 aromatic heterocycles. The Kier molecular flexibility index (Phi) is 7.71. The van der Waals surface area contributed by atoms with Crippen molar-refractivity contribution in [2.75, 3.05) is 0 Å². The highest BCUT2D eigenvalue weighted by Crippen LogP contribution is 2.51. The molecule has 0 bridgehead atoms. The Hall–Kier alpha value is -3.41. The molecule has 0 aromatic rings. The fourth-order valence-corrected chi connectivity index (χ4v) is 5.86. The molecular formula is C26H32N2O9S. The van der Waals surface area contributed by atoms with Gasteiger partial charge in [-0.05, 0) is 33.6 Å². The van der Waals surface area contributed by atoms with Gasteiger partial charge in [-0.25, -0.2) is 9.59 Å². The molecule has 0 aromatic carbocycles. The smallest absolute Gasteiger partial charge is 0.356 e. The van der Waals surface area contributed by atoms with Crippen molar-refractivity contribution in [2.45, 2.75) is 82.6 Å². The number of ether oxygens (including phenoxy) is 1. The van der Waals surface area contributed by atoms with E-state index in [1.54, 1.807) is 20.8 Å². The number of esters is 1. The van der Waals surface area contributed by atoms with Crippen molar-refractivity contribution < 1.29 is 43.7 Å². The lowest BCUT2D eigenvalue weighted by atomic mass is 9.81. The summed E-state index contributed by atoms with van der Waals surface area (Å²) >= 11 is 0.506. The van der Waals surface area contributed by atoms with Gasteiger partial charge in [-0.2, -0.15) is 0 Å². The summed E-state index contributed by atoms with van der Waals surface area (Å²) in [4.78, 5) is 78.8. The van der Waals surface area contributed by atoms with Gasteiger partial charge in [0.2, 0.25) is 11.4 Å². The number of fused-ring (bicyclic) bond motifs is 1. The molecule has 3 N–H and O–H groups in total. The van der Waals surface area contributed by atoms with Gasteiger partial charge in [0.15, 0.2) is 5.78 Å². The summed E-state index contributed by atoms with van der Waals surface area (Å²) in [6, 6.07) is 0. The van der Waals surface area contributed by atoms with E-state index in [-0.39, 0.29) is 6.42 Å². The SMILES string of the molecule is CC(C)(C)OC(=O)C1=C(C(=O)C(C)(C)C)C(C(=O)O)S[C@@H]2N1C(=O)C2(NC(=O)CC1=CCC=CC1)C(=O)O. The van der Waals surface area contributed by atoms with Gasteiger partial charge in [0.05, 0.1) is 5.57 Å². The number of amides is 2. The van der Waals surface area contributed by atoms with E-state index in [0.717, 1.165) is 10.5 Å². The van der Waals surface area contributed by atoms with Crippen molar-refractivity contribution >= 4 is 47.3 Å². The fourth-order valence-electron chi connectivity index (χ4n) is 4.34. The van der Waals surface area contributed by atoms with Gasteiger partial charge >= 0.3 is 17.9 Å². The Morgan fingerprint density at radius 1 is 1.11 bits per heavy atom. The molecule has 1 aliphatic carbocycles. The largest absolute Gasteiger partial charge is 0.480 e. The van der Waals surface area contributed by atoms with Gasteiger partial charge in [0.1, 0.15) is 21.9 Å². The molecule has 206 valence electrons. The molecule has 3 rings (SSSR count). The van der Waals surface area contributed by atoms with Gasteiger partial charge in [0, 0.05) is 11.8 Å². The van der Waals surface area contributed by atoms with Crippen LogP contribution in [0.4, 0.5) is 0 Å². The van der Waals surface area contributed by atoms with Crippen LogP contribution in [0.2, 0.25) is 0 Å². The molecule has 0 radical (unpaired) electrons. The number of nitrogens with one attached hydrogen (secondary N) is 1. The van der Waals surface area contributed by atoms with Crippen LogP contribution in [0.15, 0.2) is 35.1 Å². The predicted molar refractivity (Wildman–Crippen MR) is 137 cm³/mol. The number of carboxylic acid groups (broad SMARTS) is 2. The van der Waals surface area contributed by atoms with Gasteiger partial charge in [-0.1, -0.05) is 44.6 Å². The Labute approximate surface area is 224 Å². The zero-order valence-corrected chi connectivity index (χ0v) is 22.9. The average molecular weight is 549 g/mol. The summed E-state index contributed by atoms with van der Waals surface area (Å²) in [5.41, 5.74) is -5.10. The molecule has 3 atom stereocenters. The summed E-state index contributed by atoms with van der Waals surface area (Å²) in [6.07, 6.45) is 6.56. The topological polar surface area (TPSA) is 167 Å². The number of β-lactam (4-membered cyclic amide) rings is 1. The van der Waals surface area contributed by atoms with Crippen LogP contribution >= 0.6 is 11.8 Å². The van der Waals surface area contributed by atoms with Crippen LogP contribution in [0.25, 0.3) is 0 Å². The zero-order valence-electron chi connectivity index (χ0n) is 22.1. The van der Waals surface area contributed by atoms with Crippen molar-refractivity contribution in [3.63, 3.8) is 0 Å². The van der Waals surface area contributed by atoms with E-state index in [0.29, 0.717) is 24.6 Å². The number of carbonyl (C=O) groups excluding carboxylic acids is 4. The number of hydrogen-bond acceptors (Lipinski definition) is 8. The number of hydrogen-bond donors (Lipinski definition) is 3. The highest BCUT2D eigenvalue weighted by Gasteiger charge is 2.72. The summed E-state index contributed by atoms with van der Waals surface area (Å²) in [5, 5.41) is 19.3. The second-order valence-corrected chi connectivity index (χ2v) is 12.5. The first-order chi connectivity index (χ1) is 17.4. The molecule has 1 saturated heterocycles. The Morgan fingerprint density at radius 3 is 2.21 bits per heavy atom. The molecule has 2 aliphatic heterocycles. The minimum absolute atomic E-state index is 0.158. The van der Waals surface area contributed by atoms with E-state index in [4.69, 9.17) is 4.74 Å². The Bertz CT molecular complexity index is 1200. The summed E-state index contributed by atoms with van der Waals surface area (Å²) in [6.45, 7) is 9.23. The molecule has 1 fully saturated rings. The van der Waals surface area contributed by atoms with Gasteiger partial charge in [0.25, 0.3) is 5.91 Å². The molecule has 38 heavy (non-hydrogen) atoms. The monoisotopic (exact) mass is 548 g/mol. The summed E-state index contributed by atoms with van der Waals surface area (Å²) in [7, 11) is 0. The maximum absolute atomic E-state index is 13.6. The molecule has 11 nitrogen and oxygen atoms in total. The fraction of sp³-hybridized carbons (Fsp3) is 0.538. The van der Waals surface area contributed by atoms with Crippen molar-refractivity contribution in [3.8, 4) is 0 Å². The number of thioether (sulfide) groups is 1. The molecule has 2 unspecified atom stereocenters. The van der Waals surface area contributed by atoms with Crippen LogP contribution in [0.3, 0.4) is 0 Å². The van der Waals surface area contributed by atoms with Crippen LogP contribution < -0.4 is 5.32 Å². The number of aliphatic carboxylic acids is 2. The highest BCUT2D eigenvalue weighted by molar-refractivity contribution is 8.01. The predicted octanol–water partition coefficient (Wildman–Crippen LogP) is 2.17. The third kappa shape index (κ3) is 5.27. The number of ketones is 1. The number of allylic oxidation sites excluding steroid dienone is 3. The molecule has 0 spiro atoms. The number of rotatable bonds is 7. The molecule has 3 aliphatic rings. The summed E-state index contributed by atoms with van der Waals surface area (Å²) < 4.78 is 5.42. The normalized spacial score (nSPS) is 25.2. The first kappa shape index (κ1) is 29.2. The van der Waals surface area contributed by atoms with E-state index in [9.17, 15) is 39.0 Å². The number of carbonyl (C=O) groups is 6. The van der Waals surface area contributed by atoms with Crippen molar-refractivity contribution in [3.05, 3.63) is 35.1 Å². The zero-order chi connectivity index (χ0) is 28.8. The lowest BCUT2D eigenvalue weighted by Crippen LogP contribution is -2.83. The number of nitrogens with zero attached hydrogens (tertiary/aromatic N) is 1. The maximum Gasteiger partial charge on any atom is 0.356 e. The first-order valence-corrected chi connectivity index (χ1v) is 13.0. The Balaban J connectivity index is 2.12. The van der Waals surface area contributed by atoms with Gasteiger partial charge < -0.3 is 20.3 Å². The number of carboxylic acids is 2. The van der Waals surface area contributed by atoms with E-state index in [1.807, 2.05) is 18.2 Å². The lowest BCUT2D eigenvalue weighted by Gasteiger charge is -2.56. The average Bonchev–Trinajstić information content (AvgIpc) is 2.78. The van der Waals surface area contributed by atoms with Crippen molar-refractivity contribution in [2.24, 2.45) is 5.41 Å². The minimum atomic E-state index is -2.54. The van der Waals surface area contributed by atoms with Crippen molar-refractivity contribution in [1.29, 1.82) is 0 Å². The third-order valence-electron chi connectivity index (χ3n) is 6.08. The second-order valence-electron chi connectivity index (χ2n) is 11.3.